The van der Waals surface area contributed by atoms with Gasteiger partial charge in [-0.15, -0.1) is 0 Å². The van der Waals surface area contributed by atoms with E-state index >= 15 is 0 Å². The molecule has 0 bridgehead atoms. The Morgan fingerprint density at radius 1 is 1.20 bits per heavy atom. The van der Waals surface area contributed by atoms with Crippen LogP contribution in [0.15, 0.2) is 47.1 Å². The summed E-state index contributed by atoms with van der Waals surface area (Å²) >= 11 is 0. The number of aromatic nitrogens is 2. The molecule has 8 heteroatoms. The molecule has 0 unspecified atom stereocenters. The van der Waals surface area contributed by atoms with E-state index in [9.17, 15) is 9.59 Å². The van der Waals surface area contributed by atoms with Crippen molar-refractivity contribution in [1.29, 1.82) is 0 Å². The Hall–Kier alpha value is -3.81. The number of carbonyl (C=O) groups is 2. The molecule has 30 heavy (non-hydrogen) atoms. The molecule has 0 spiro atoms. The van der Waals surface area contributed by atoms with Crippen molar-refractivity contribution in [3.63, 3.8) is 0 Å². The van der Waals surface area contributed by atoms with E-state index in [0.717, 1.165) is 11.3 Å². The molecule has 2 heterocycles. The summed E-state index contributed by atoms with van der Waals surface area (Å²) in [5.74, 6) is 0.850. The highest BCUT2D eigenvalue weighted by Crippen LogP contribution is 2.30. The zero-order valence-corrected chi connectivity index (χ0v) is 16.9. The third-order valence-corrected chi connectivity index (χ3v) is 4.40. The lowest BCUT2D eigenvalue weighted by atomic mass is 10.2. The first-order valence-electron chi connectivity index (χ1n) is 9.22. The number of carbonyl (C=O) groups excluding carboxylic acids is 2. The number of aromatic amines is 1. The minimum absolute atomic E-state index is 0.299. The molecule has 1 aromatic carbocycles. The number of rotatable bonds is 9. The molecule has 8 nitrogen and oxygen atoms in total. The molecule has 0 radical (unpaired) electrons. The summed E-state index contributed by atoms with van der Waals surface area (Å²) in [4.78, 5) is 26.5. The molecule has 3 rings (SSSR count). The van der Waals surface area contributed by atoms with Gasteiger partial charge in [-0.1, -0.05) is 11.2 Å². The summed E-state index contributed by atoms with van der Waals surface area (Å²) < 4.78 is 21.3. The van der Waals surface area contributed by atoms with Crippen LogP contribution in [-0.4, -0.2) is 35.6 Å². The topological polar surface area (TPSA) is 104 Å². The molecule has 0 fully saturated rings. The van der Waals surface area contributed by atoms with E-state index in [0.29, 0.717) is 35.1 Å². The first-order valence-corrected chi connectivity index (χ1v) is 9.22. The highest BCUT2D eigenvalue weighted by Gasteiger charge is 2.12. The fraction of sp³-hybridized carbons (Fsp3) is 0.227. The van der Waals surface area contributed by atoms with E-state index in [1.54, 1.807) is 42.6 Å². The second-order valence-corrected chi connectivity index (χ2v) is 6.45. The highest BCUT2D eigenvalue weighted by molar-refractivity contribution is 5.97. The monoisotopic (exact) mass is 410 g/mol. The van der Waals surface area contributed by atoms with E-state index < -0.39 is 5.97 Å². The normalized spacial score (nSPS) is 10.9. The van der Waals surface area contributed by atoms with E-state index in [2.05, 4.69) is 10.1 Å². The lowest BCUT2D eigenvalue weighted by Gasteiger charge is -2.11. The predicted molar refractivity (Wildman–Crippen MR) is 108 cm³/mol. The number of ketones is 1. The predicted octanol–water partition coefficient (Wildman–Crippen LogP) is 3.65. The van der Waals surface area contributed by atoms with Crippen LogP contribution in [0.3, 0.4) is 0 Å². The molecule has 3 aromatic rings. The van der Waals surface area contributed by atoms with E-state index in [4.69, 9.17) is 18.7 Å². The molecule has 2 aromatic heterocycles. The van der Waals surface area contributed by atoms with Gasteiger partial charge in [-0.05, 0) is 49.8 Å². The molecule has 0 amide bonds. The third-order valence-electron chi connectivity index (χ3n) is 4.40. The molecule has 156 valence electrons. The molecule has 1 N–H and O–H groups in total. The van der Waals surface area contributed by atoms with Crippen LogP contribution in [0.1, 0.15) is 33.1 Å². The van der Waals surface area contributed by atoms with Crippen molar-refractivity contribution in [2.24, 2.45) is 0 Å². The van der Waals surface area contributed by atoms with Gasteiger partial charge in [-0.3, -0.25) is 4.79 Å². The number of methoxy groups -OCH3 is 1. The van der Waals surface area contributed by atoms with E-state index in [-0.39, 0.29) is 12.4 Å². The van der Waals surface area contributed by atoms with Crippen LogP contribution < -0.4 is 9.47 Å². The number of benzene rings is 1. The maximum Gasteiger partial charge on any atom is 0.331 e. The van der Waals surface area contributed by atoms with Crippen LogP contribution in [0.2, 0.25) is 0 Å². The van der Waals surface area contributed by atoms with Crippen LogP contribution in [0, 0.1) is 13.8 Å². The molecule has 0 aliphatic carbocycles. The summed E-state index contributed by atoms with van der Waals surface area (Å²) in [6.45, 7) is 3.65. The molecule has 0 atom stereocenters. The minimum atomic E-state index is -0.618. The van der Waals surface area contributed by atoms with Crippen molar-refractivity contribution in [2.75, 3.05) is 13.7 Å². The molecule has 0 aliphatic rings. The van der Waals surface area contributed by atoms with Gasteiger partial charge in [0.05, 0.1) is 24.1 Å². The van der Waals surface area contributed by atoms with Crippen molar-refractivity contribution >= 4 is 17.8 Å². The molecular weight excluding hydrogens is 388 g/mol. The van der Waals surface area contributed by atoms with Crippen molar-refractivity contribution in [3.05, 3.63) is 70.9 Å². The largest absolute Gasteiger partial charge is 0.493 e. The number of nitrogens with zero attached hydrogens (tertiary/aromatic N) is 1. The Morgan fingerprint density at radius 2 is 2.03 bits per heavy atom. The molecule has 0 aliphatic heterocycles. The smallest absolute Gasteiger partial charge is 0.331 e. The van der Waals surface area contributed by atoms with Crippen LogP contribution in [0.25, 0.3) is 6.08 Å². The minimum Gasteiger partial charge on any atom is -0.493 e. The van der Waals surface area contributed by atoms with Gasteiger partial charge >= 0.3 is 5.97 Å². The number of nitrogens with one attached hydrogen (secondary N) is 1. The van der Waals surface area contributed by atoms with E-state index in [1.165, 1.54) is 13.2 Å². The van der Waals surface area contributed by atoms with Crippen LogP contribution in [0.5, 0.6) is 11.5 Å². The summed E-state index contributed by atoms with van der Waals surface area (Å²) in [6, 6.07) is 8.57. The van der Waals surface area contributed by atoms with Gasteiger partial charge in [0.1, 0.15) is 12.4 Å². The Kier molecular flexibility index (Phi) is 6.69. The fourth-order valence-corrected chi connectivity index (χ4v) is 2.70. The number of H-pyrrole nitrogens is 1. The van der Waals surface area contributed by atoms with Gasteiger partial charge in [0, 0.05) is 12.3 Å². The second-order valence-electron chi connectivity index (χ2n) is 6.45. The SMILES string of the molecule is COc1cc(/C=C/C(=O)OCC(=O)c2ccc[nH]2)ccc1OCc1c(C)noc1C. The molecule has 0 saturated carbocycles. The Morgan fingerprint density at radius 3 is 2.70 bits per heavy atom. The van der Waals surface area contributed by atoms with E-state index in [1.807, 2.05) is 13.8 Å². The van der Waals surface area contributed by atoms with Gasteiger partial charge in [0.25, 0.3) is 0 Å². The first-order chi connectivity index (χ1) is 14.5. The quantitative estimate of drug-likeness (QED) is 0.326. The Labute approximate surface area is 173 Å². The number of esters is 1. The van der Waals surface area contributed by atoms with Crippen molar-refractivity contribution in [1.82, 2.24) is 10.1 Å². The van der Waals surface area contributed by atoms with Gasteiger partial charge in [0.2, 0.25) is 5.78 Å². The number of ether oxygens (including phenoxy) is 3. The van der Waals surface area contributed by atoms with Crippen molar-refractivity contribution in [2.45, 2.75) is 20.5 Å². The zero-order valence-electron chi connectivity index (χ0n) is 16.9. The van der Waals surface area contributed by atoms with Crippen LogP contribution in [0.4, 0.5) is 0 Å². The maximum absolute atomic E-state index is 11.9. The van der Waals surface area contributed by atoms with Gasteiger partial charge in [-0.2, -0.15) is 0 Å². The average Bonchev–Trinajstić information content (AvgIpc) is 3.40. The number of Topliss-reactive ketones (excluding diaryl/α,β-unsaturated/α-hetero) is 1. The maximum atomic E-state index is 11.9. The standard InChI is InChI=1S/C22H22N2O6/c1-14-17(15(2)30-24-14)12-28-20-8-6-16(11-21(20)27-3)7-9-22(26)29-13-19(25)18-5-4-10-23-18/h4-11,23H,12-13H2,1-3H3/b9-7+. The molecule has 0 saturated heterocycles. The van der Waals surface area contributed by atoms with Gasteiger partial charge < -0.3 is 23.7 Å². The lowest BCUT2D eigenvalue weighted by molar-refractivity contribution is -0.136. The van der Waals surface area contributed by atoms with Crippen LogP contribution >= 0.6 is 0 Å². The average molecular weight is 410 g/mol. The summed E-state index contributed by atoms with van der Waals surface area (Å²) in [6.07, 6.45) is 4.45. The molecular formula is C22H22N2O6. The van der Waals surface area contributed by atoms with Crippen LogP contribution in [-0.2, 0) is 16.1 Å². The fourth-order valence-electron chi connectivity index (χ4n) is 2.70. The summed E-state index contributed by atoms with van der Waals surface area (Å²) in [5.41, 5.74) is 2.77. The Bertz CT molecular complexity index is 1030. The summed E-state index contributed by atoms with van der Waals surface area (Å²) in [5, 5.41) is 3.90. The number of hydrogen-bond donors (Lipinski definition) is 1. The number of hydrogen-bond acceptors (Lipinski definition) is 7. The second kappa shape index (κ2) is 9.60. The summed E-state index contributed by atoms with van der Waals surface area (Å²) in [7, 11) is 1.53. The number of aryl methyl sites for hydroxylation is 2. The highest BCUT2D eigenvalue weighted by atomic mass is 16.5. The van der Waals surface area contributed by atoms with Crippen molar-refractivity contribution in [3.8, 4) is 11.5 Å². The lowest BCUT2D eigenvalue weighted by Crippen LogP contribution is -2.12. The van der Waals surface area contributed by atoms with Gasteiger partial charge in [-0.25, -0.2) is 4.79 Å². The van der Waals surface area contributed by atoms with Crippen molar-refractivity contribution < 1.29 is 28.3 Å². The third kappa shape index (κ3) is 5.16. The zero-order chi connectivity index (χ0) is 21.5. The van der Waals surface area contributed by atoms with Gasteiger partial charge in [0.15, 0.2) is 18.1 Å². The Balaban J connectivity index is 1.58. The first kappa shape index (κ1) is 20.9.